The third-order valence-electron chi connectivity index (χ3n) is 4.59. The van der Waals surface area contributed by atoms with E-state index in [0.717, 1.165) is 5.69 Å². The second-order valence-corrected chi connectivity index (χ2v) is 6.64. The average Bonchev–Trinajstić information content (AvgIpc) is 3.32. The summed E-state index contributed by atoms with van der Waals surface area (Å²) >= 11 is 0. The Kier molecular flexibility index (Phi) is 3.03. The number of benzene rings is 1. The molecule has 3 aromatic rings. The van der Waals surface area contributed by atoms with Gasteiger partial charge < -0.3 is 0 Å². The van der Waals surface area contributed by atoms with E-state index >= 15 is 0 Å². The van der Waals surface area contributed by atoms with Crippen LogP contribution in [0.25, 0.3) is 22.2 Å². The van der Waals surface area contributed by atoms with Gasteiger partial charge in [0.25, 0.3) is 0 Å². The molecule has 112 valence electrons. The topological polar surface area (TPSA) is 30.7 Å². The summed E-state index contributed by atoms with van der Waals surface area (Å²) in [6.45, 7) is 4.43. The molecule has 22 heavy (non-hydrogen) atoms. The van der Waals surface area contributed by atoms with Crippen LogP contribution in [0.5, 0.6) is 0 Å². The molecule has 0 spiro atoms. The van der Waals surface area contributed by atoms with E-state index in [0.29, 0.717) is 11.8 Å². The average molecular weight is 291 g/mol. The molecule has 0 aliphatic heterocycles. The normalized spacial score (nSPS) is 14.9. The molecule has 0 amide bonds. The molecular formula is C19H21N3. The van der Waals surface area contributed by atoms with E-state index in [-0.39, 0.29) is 0 Å². The number of hydrogen-bond acceptors (Lipinski definition) is 2. The van der Waals surface area contributed by atoms with Gasteiger partial charge in [-0.2, -0.15) is 5.10 Å². The van der Waals surface area contributed by atoms with Crippen molar-refractivity contribution in [1.29, 1.82) is 0 Å². The second kappa shape index (κ2) is 4.94. The Labute approximate surface area is 131 Å². The van der Waals surface area contributed by atoms with E-state index in [1.807, 2.05) is 17.9 Å². The SMILES string of the molecule is CC(C)c1ccnc(-c2ccc3c(c2)c(C2CC2)nn3C)c1. The quantitative estimate of drug-likeness (QED) is 0.704. The largest absolute Gasteiger partial charge is 0.268 e. The first kappa shape index (κ1) is 13.5. The molecule has 1 aliphatic rings. The van der Waals surface area contributed by atoms with Gasteiger partial charge in [-0.1, -0.05) is 19.9 Å². The van der Waals surface area contributed by atoms with Crippen molar-refractivity contribution in [1.82, 2.24) is 14.8 Å². The predicted octanol–water partition coefficient (Wildman–Crippen LogP) is 4.64. The molecule has 0 saturated heterocycles. The Bertz CT molecular complexity index is 841. The van der Waals surface area contributed by atoms with Crippen LogP contribution < -0.4 is 0 Å². The lowest BCUT2D eigenvalue weighted by atomic mass is 10.0. The highest BCUT2D eigenvalue weighted by Gasteiger charge is 2.28. The van der Waals surface area contributed by atoms with Crippen LogP contribution in [0.2, 0.25) is 0 Å². The third-order valence-corrected chi connectivity index (χ3v) is 4.59. The van der Waals surface area contributed by atoms with Crippen molar-refractivity contribution in [3.63, 3.8) is 0 Å². The van der Waals surface area contributed by atoms with Gasteiger partial charge in [-0.3, -0.25) is 9.67 Å². The molecule has 2 aromatic heterocycles. The highest BCUT2D eigenvalue weighted by atomic mass is 15.3. The number of hydrogen-bond donors (Lipinski definition) is 0. The zero-order valence-corrected chi connectivity index (χ0v) is 13.4. The zero-order chi connectivity index (χ0) is 15.3. The predicted molar refractivity (Wildman–Crippen MR) is 90.0 cm³/mol. The molecule has 0 bridgehead atoms. The molecular weight excluding hydrogens is 270 g/mol. The van der Waals surface area contributed by atoms with Crippen LogP contribution in [0.1, 0.15) is 49.8 Å². The minimum atomic E-state index is 0.519. The van der Waals surface area contributed by atoms with Crippen LogP contribution in [-0.2, 0) is 7.05 Å². The van der Waals surface area contributed by atoms with E-state index in [1.54, 1.807) is 0 Å². The van der Waals surface area contributed by atoms with Crippen LogP contribution in [0.15, 0.2) is 36.5 Å². The van der Waals surface area contributed by atoms with Crippen molar-refractivity contribution in [2.75, 3.05) is 0 Å². The number of fused-ring (bicyclic) bond motifs is 1. The number of aromatic nitrogens is 3. The summed E-state index contributed by atoms with van der Waals surface area (Å²) in [5.74, 6) is 1.18. The fourth-order valence-electron chi connectivity index (χ4n) is 3.07. The fraction of sp³-hybridized carbons (Fsp3) is 0.368. The van der Waals surface area contributed by atoms with E-state index in [2.05, 4.69) is 49.2 Å². The first-order valence-corrected chi connectivity index (χ1v) is 8.06. The summed E-state index contributed by atoms with van der Waals surface area (Å²) in [5, 5.41) is 6.02. The molecule has 3 heteroatoms. The lowest BCUT2D eigenvalue weighted by Crippen LogP contribution is -1.91. The van der Waals surface area contributed by atoms with E-state index in [4.69, 9.17) is 5.10 Å². The Morgan fingerprint density at radius 3 is 2.68 bits per heavy atom. The summed E-state index contributed by atoms with van der Waals surface area (Å²) in [7, 11) is 2.03. The maximum atomic E-state index is 4.73. The number of aryl methyl sites for hydroxylation is 1. The minimum absolute atomic E-state index is 0.519. The highest BCUT2D eigenvalue weighted by Crippen LogP contribution is 2.43. The van der Waals surface area contributed by atoms with Crippen LogP contribution >= 0.6 is 0 Å². The number of pyridine rings is 1. The molecule has 4 rings (SSSR count). The Morgan fingerprint density at radius 2 is 1.95 bits per heavy atom. The summed E-state index contributed by atoms with van der Waals surface area (Å²) in [4.78, 5) is 4.57. The number of nitrogens with zero attached hydrogens (tertiary/aromatic N) is 3. The lowest BCUT2D eigenvalue weighted by Gasteiger charge is -2.08. The number of rotatable bonds is 3. The standard InChI is InChI=1S/C19H21N3/c1-12(2)14-8-9-20-17(11-14)15-6-7-18-16(10-15)19(13-4-5-13)21-22(18)3/h6-13H,4-5H2,1-3H3. The van der Waals surface area contributed by atoms with Gasteiger partial charge in [0.1, 0.15) is 0 Å². The monoisotopic (exact) mass is 291 g/mol. The van der Waals surface area contributed by atoms with Crippen LogP contribution in [0, 0.1) is 0 Å². The minimum Gasteiger partial charge on any atom is -0.268 e. The molecule has 0 atom stereocenters. The molecule has 1 aromatic carbocycles. The Balaban J connectivity index is 1.85. The Hall–Kier alpha value is -2.16. The maximum absolute atomic E-state index is 4.73. The van der Waals surface area contributed by atoms with E-state index < -0.39 is 0 Å². The van der Waals surface area contributed by atoms with Gasteiger partial charge in [-0.25, -0.2) is 0 Å². The molecule has 1 fully saturated rings. The van der Waals surface area contributed by atoms with Gasteiger partial charge in [-0.15, -0.1) is 0 Å². The molecule has 1 aliphatic carbocycles. The summed E-state index contributed by atoms with van der Waals surface area (Å²) in [6.07, 6.45) is 4.47. The van der Waals surface area contributed by atoms with Crippen molar-refractivity contribution >= 4 is 10.9 Å². The molecule has 2 heterocycles. The molecule has 0 unspecified atom stereocenters. The van der Waals surface area contributed by atoms with Gasteiger partial charge in [-0.05, 0) is 48.6 Å². The molecule has 0 radical (unpaired) electrons. The first-order valence-electron chi connectivity index (χ1n) is 8.06. The highest BCUT2D eigenvalue weighted by molar-refractivity contribution is 5.87. The third kappa shape index (κ3) is 2.21. The smallest absolute Gasteiger partial charge is 0.0734 e. The van der Waals surface area contributed by atoms with Crippen molar-refractivity contribution in [3.8, 4) is 11.3 Å². The van der Waals surface area contributed by atoms with Crippen molar-refractivity contribution < 1.29 is 0 Å². The van der Waals surface area contributed by atoms with Crippen molar-refractivity contribution in [2.24, 2.45) is 7.05 Å². The summed E-state index contributed by atoms with van der Waals surface area (Å²) < 4.78 is 2.00. The summed E-state index contributed by atoms with van der Waals surface area (Å²) in [6, 6.07) is 10.9. The zero-order valence-electron chi connectivity index (χ0n) is 13.4. The van der Waals surface area contributed by atoms with Crippen molar-refractivity contribution in [3.05, 3.63) is 47.8 Å². The van der Waals surface area contributed by atoms with E-state index in [1.165, 1.54) is 40.6 Å². The van der Waals surface area contributed by atoms with Crippen molar-refractivity contribution in [2.45, 2.75) is 38.5 Å². The van der Waals surface area contributed by atoms with Gasteiger partial charge in [0.05, 0.1) is 16.9 Å². The molecule has 3 nitrogen and oxygen atoms in total. The lowest BCUT2D eigenvalue weighted by molar-refractivity contribution is 0.767. The van der Waals surface area contributed by atoms with Crippen LogP contribution in [-0.4, -0.2) is 14.8 Å². The molecule has 1 saturated carbocycles. The first-order chi connectivity index (χ1) is 10.6. The molecule has 0 N–H and O–H groups in total. The van der Waals surface area contributed by atoms with Gasteiger partial charge in [0, 0.05) is 30.1 Å². The summed E-state index contributed by atoms with van der Waals surface area (Å²) in [5.41, 5.74) is 6.05. The second-order valence-electron chi connectivity index (χ2n) is 6.64. The maximum Gasteiger partial charge on any atom is 0.0734 e. The van der Waals surface area contributed by atoms with Gasteiger partial charge >= 0.3 is 0 Å². The van der Waals surface area contributed by atoms with Gasteiger partial charge in [0.2, 0.25) is 0 Å². The Morgan fingerprint density at radius 1 is 1.14 bits per heavy atom. The van der Waals surface area contributed by atoms with E-state index in [9.17, 15) is 0 Å². The van der Waals surface area contributed by atoms with Gasteiger partial charge in [0.15, 0.2) is 0 Å². The fourth-order valence-corrected chi connectivity index (χ4v) is 3.07. The van der Waals surface area contributed by atoms with Crippen LogP contribution in [0.4, 0.5) is 0 Å². The van der Waals surface area contributed by atoms with Crippen LogP contribution in [0.3, 0.4) is 0 Å².